The van der Waals surface area contributed by atoms with Gasteiger partial charge in [0.05, 0.1) is 16.3 Å². The van der Waals surface area contributed by atoms with E-state index in [-0.39, 0.29) is 62.8 Å². The van der Waals surface area contributed by atoms with Gasteiger partial charge in [0, 0.05) is 18.5 Å². The summed E-state index contributed by atoms with van der Waals surface area (Å²) < 4.78 is 68.9. The van der Waals surface area contributed by atoms with Crippen molar-refractivity contribution in [1.82, 2.24) is 4.90 Å². The fourth-order valence-corrected chi connectivity index (χ4v) is 9.98. The normalized spacial score (nSPS) is 31.3. The molecule has 0 aromatic heterocycles. The van der Waals surface area contributed by atoms with Crippen LogP contribution in [-0.2, 0) is 36.0 Å². The number of ketones is 1. The van der Waals surface area contributed by atoms with Gasteiger partial charge in [0.15, 0.2) is 21.5 Å². The number of sulfonamides is 1. The van der Waals surface area contributed by atoms with Crippen molar-refractivity contribution in [2.45, 2.75) is 43.2 Å². The SMILES string of the molecule is O=C1C(C2=NS(=O)(=O)c3cc(C4=CCCS4(=O)=O)ccc3N2)C(=O)N(Cc2ccc(F)cc2)C2C1[C@H]1CC[C@@H]2C1. The summed E-state index contributed by atoms with van der Waals surface area (Å²) in [7, 11) is -7.85. The van der Waals surface area contributed by atoms with Crippen LogP contribution >= 0.6 is 0 Å². The lowest BCUT2D eigenvalue weighted by Crippen LogP contribution is -2.61. The van der Waals surface area contributed by atoms with Gasteiger partial charge in [-0.05, 0) is 72.9 Å². The van der Waals surface area contributed by atoms with E-state index in [1.54, 1.807) is 23.1 Å². The van der Waals surface area contributed by atoms with E-state index in [0.29, 0.717) is 12.0 Å². The molecule has 2 bridgehead atoms. The number of halogens is 1. The second-order valence-electron chi connectivity index (χ2n) is 11.2. The highest BCUT2D eigenvalue weighted by Gasteiger charge is 2.60. The van der Waals surface area contributed by atoms with E-state index >= 15 is 0 Å². The van der Waals surface area contributed by atoms with Gasteiger partial charge in [-0.1, -0.05) is 24.3 Å². The molecule has 9 nitrogen and oxygen atoms in total. The number of nitrogens with one attached hydrogen (secondary N) is 1. The largest absolute Gasteiger partial charge is 0.341 e. The summed E-state index contributed by atoms with van der Waals surface area (Å²) in [6.07, 6.45) is 4.56. The second-order valence-corrected chi connectivity index (χ2v) is 14.9. The summed E-state index contributed by atoms with van der Waals surface area (Å²) in [5.74, 6) is -3.04. The van der Waals surface area contributed by atoms with Crippen LogP contribution in [0.25, 0.3) is 4.91 Å². The van der Waals surface area contributed by atoms with E-state index in [4.69, 9.17) is 0 Å². The average molecular weight is 584 g/mol. The van der Waals surface area contributed by atoms with Crippen molar-refractivity contribution in [1.29, 1.82) is 0 Å². The molecule has 7 rings (SSSR count). The monoisotopic (exact) mass is 583 g/mol. The molecule has 12 heteroatoms. The molecular formula is C28H26FN3O6S2. The summed E-state index contributed by atoms with van der Waals surface area (Å²) in [4.78, 5) is 29.4. The van der Waals surface area contributed by atoms with E-state index in [1.807, 2.05) is 0 Å². The Labute approximate surface area is 231 Å². The number of nitrogens with zero attached hydrogens (tertiary/aromatic N) is 2. The number of allylic oxidation sites excluding steroid dienone is 1. The smallest absolute Gasteiger partial charge is 0.286 e. The molecule has 5 aliphatic rings. The Bertz CT molecular complexity index is 1750. The van der Waals surface area contributed by atoms with Gasteiger partial charge in [-0.2, -0.15) is 8.42 Å². The van der Waals surface area contributed by atoms with Crippen molar-refractivity contribution < 1.29 is 30.8 Å². The molecule has 2 saturated carbocycles. The average Bonchev–Trinajstić information content (AvgIpc) is 3.62. The highest BCUT2D eigenvalue weighted by Crippen LogP contribution is 2.54. The summed E-state index contributed by atoms with van der Waals surface area (Å²) >= 11 is 0. The highest BCUT2D eigenvalue weighted by molar-refractivity contribution is 8.00. The van der Waals surface area contributed by atoms with Crippen LogP contribution in [0.3, 0.4) is 0 Å². The topological polar surface area (TPSA) is 130 Å². The summed E-state index contributed by atoms with van der Waals surface area (Å²) in [5, 5.41) is 2.92. The third-order valence-electron chi connectivity index (χ3n) is 8.99. The molecule has 0 radical (unpaired) electrons. The van der Waals surface area contributed by atoms with E-state index < -0.39 is 43.4 Å². The fourth-order valence-electron chi connectivity index (χ4n) is 7.29. The van der Waals surface area contributed by atoms with Crippen molar-refractivity contribution >= 4 is 48.0 Å². The van der Waals surface area contributed by atoms with Gasteiger partial charge in [-0.15, -0.1) is 4.40 Å². The van der Waals surface area contributed by atoms with Crippen LogP contribution in [0.5, 0.6) is 0 Å². The zero-order chi connectivity index (χ0) is 28.0. The first-order valence-electron chi connectivity index (χ1n) is 13.3. The minimum Gasteiger partial charge on any atom is -0.341 e. The van der Waals surface area contributed by atoms with Gasteiger partial charge in [0.2, 0.25) is 5.91 Å². The van der Waals surface area contributed by atoms with Crippen LogP contribution in [0.2, 0.25) is 0 Å². The lowest BCUT2D eigenvalue weighted by molar-refractivity contribution is -0.153. The van der Waals surface area contributed by atoms with Gasteiger partial charge < -0.3 is 10.2 Å². The Morgan fingerprint density at radius 2 is 1.75 bits per heavy atom. The Morgan fingerprint density at radius 3 is 2.48 bits per heavy atom. The van der Waals surface area contributed by atoms with E-state index in [0.717, 1.165) is 19.3 Å². The van der Waals surface area contributed by atoms with Crippen molar-refractivity contribution in [2.24, 2.45) is 28.1 Å². The number of amidine groups is 1. The molecule has 40 heavy (non-hydrogen) atoms. The first-order chi connectivity index (χ1) is 19.0. The molecule has 208 valence electrons. The number of benzene rings is 2. The summed E-state index contributed by atoms with van der Waals surface area (Å²) in [6, 6.07) is 9.79. The maximum Gasteiger partial charge on any atom is 0.286 e. The number of hydrogen-bond acceptors (Lipinski definition) is 7. The quantitative estimate of drug-likeness (QED) is 0.548. The third-order valence-corrected chi connectivity index (χ3v) is 12.2. The predicted octanol–water partition coefficient (Wildman–Crippen LogP) is 3.14. The number of anilines is 1. The molecule has 3 heterocycles. The number of fused-ring (bicyclic) bond motifs is 6. The van der Waals surface area contributed by atoms with E-state index in [1.165, 1.54) is 30.3 Å². The molecule has 2 aliphatic carbocycles. The van der Waals surface area contributed by atoms with Crippen LogP contribution in [0.15, 0.2) is 57.8 Å². The zero-order valence-electron chi connectivity index (χ0n) is 21.3. The zero-order valence-corrected chi connectivity index (χ0v) is 22.9. The van der Waals surface area contributed by atoms with Crippen LogP contribution in [-0.4, -0.2) is 51.1 Å². The molecule has 2 aromatic carbocycles. The van der Waals surface area contributed by atoms with Gasteiger partial charge in [-0.25, -0.2) is 12.8 Å². The molecule has 5 atom stereocenters. The van der Waals surface area contributed by atoms with Gasteiger partial charge in [0.1, 0.15) is 16.5 Å². The van der Waals surface area contributed by atoms with Crippen LogP contribution in [0.4, 0.5) is 10.1 Å². The lowest BCUT2D eigenvalue weighted by Gasteiger charge is -2.45. The van der Waals surface area contributed by atoms with Gasteiger partial charge >= 0.3 is 0 Å². The lowest BCUT2D eigenvalue weighted by atomic mass is 9.73. The van der Waals surface area contributed by atoms with Crippen molar-refractivity contribution in [3.8, 4) is 0 Å². The van der Waals surface area contributed by atoms with Crippen LogP contribution in [0, 0.1) is 29.5 Å². The maximum atomic E-state index is 14.0. The number of Topliss-reactive ketones (excluding diaryl/α,β-unsaturated/α-hetero) is 1. The molecule has 2 aromatic rings. The van der Waals surface area contributed by atoms with E-state index in [9.17, 15) is 30.8 Å². The minimum absolute atomic E-state index is 0.0307. The second kappa shape index (κ2) is 8.81. The number of amides is 1. The summed E-state index contributed by atoms with van der Waals surface area (Å²) in [6.45, 7) is 0.177. The minimum atomic E-state index is -4.35. The highest BCUT2D eigenvalue weighted by atomic mass is 32.2. The molecular weight excluding hydrogens is 557 g/mol. The molecule has 3 aliphatic heterocycles. The molecule has 3 fully saturated rings. The number of sulfone groups is 1. The standard InChI is InChI=1S/C28H26FN3O6S2/c29-19-8-3-15(4-9-19)14-32-25-18-6-5-17(12-18)23(25)26(33)24(28(32)34)27-30-20-10-7-16(13-22(20)40(37,38)31-27)21-2-1-11-39(21,35)36/h2-4,7-10,13,17-18,23-25H,1,5-6,11-12,14H2,(H,30,31)/t17-,18+,23?,24?,25?/m0/s1. The third kappa shape index (κ3) is 3.87. The van der Waals surface area contributed by atoms with Crippen LogP contribution < -0.4 is 5.32 Å². The number of carbonyl (C=O) groups is 2. The number of likely N-dealkylation sites (tertiary alicyclic amines) is 1. The molecule has 1 N–H and O–H groups in total. The fraction of sp³-hybridized carbons (Fsp3) is 0.393. The molecule has 1 amide bonds. The summed E-state index contributed by atoms with van der Waals surface area (Å²) in [5.41, 5.74) is 1.09. The van der Waals surface area contributed by atoms with Crippen molar-refractivity contribution in [3.63, 3.8) is 0 Å². The Hall–Kier alpha value is -3.38. The van der Waals surface area contributed by atoms with Crippen LogP contribution in [0.1, 0.15) is 36.8 Å². The number of hydrogen-bond donors (Lipinski definition) is 1. The molecule has 0 spiro atoms. The number of carbonyl (C=O) groups excluding carboxylic acids is 2. The number of rotatable bonds is 4. The Morgan fingerprint density at radius 1 is 1.00 bits per heavy atom. The first-order valence-corrected chi connectivity index (χ1v) is 16.4. The predicted molar refractivity (Wildman–Crippen MR) is 145 cm³/mol. The first kappa shape index (κ1) is 25.6. The Balaban J connectivity index is 1.26. The maximum absolute atomic E-state index is 14.0. The Kier molecular flexibility index (Phi) is 5.63. The molecule has 1 saturated heterocycles. The number of piperidine rings is 1. The van der Waals surface area contributed by atoms with Crippen molar-refractivity contribution in [2.75, 3.05) is 11.1 Å². The van der Waals surface area contributed by atoms with Gasteiger partial charge in [0.25, 0.3) is 10.0 Å². The van der Waals surface area contributed by atoms with E-state index in [2.05, 4.69) is 9.71 Å². The molecule has 3 unspecified atom stereocenters. The van der Waals surface area contributed by atoms with Crippen molar-refractivity contribution in [3.05, 3.63) is 65.5 Å². The van der Waals surface area contributed by atoms with Gasteiger partial charge in [-0.3, -0.25) is 9.59 Å².